The molecule has 0 spiro atoms. The summed E-state index contributed by atoms with van der Waals surface area (Å²) < 4.78 is 108. The highest BCUT2D eigenvalue weighted by Crippen LogP contribution is 2.37. The second kappa shape index (κ2) is 11.5. The molecule has 1 aromatic carbocycles. The highest BCUT2D eigenvalue weighted by molar-refractivity contribution is 7.93. The van der Waals surface area contributed by atoms with E-state index < -0.39 is 75.6 Å². The lowest BCUT2D eigenvalue weighted by Crippen LogP contribution is -2.50. The van der Waals surface area contributed by atoms with Gasteiger partial charge in [-0.25, -0.2) is 14.0 Å². The normalized spacial score (nSPS) is 17.9. The molecule has 16 heteroatoms. The third kappa shape index (κ3) is 8.09. The van der Waals surface area contributed by atoms with Crippen molar-refractivity contribution in [3.8, 4) is 0 Å². The number of aromatic nitrogens is 1. The zero-order valence-corrected chi connectivity index (χ0v) is 23.5. The van der Waals surface area contributed by atoms with Gasteiger partial charge < -0.3 is 19.7 Å². The topological polar surface area (TPSA) is 110 Å². The second-order valence-electron chi connectivity index (χ2n) is 10.2. The molecular formula is C25H28F6N4O5S. The van der Waals surface area contributed by atoms with Crippen molar-refractivity contribution in [3.05, 3.63) is 47.2 Å². The van der Waals surface area contributed by atoms with E-state index in [4.69, 9.17) is 9.47 Å². The molecule has 2 aromatic rings. The number of nitrogens with one attached hydrogen (secondary N) is 1. The molecule has 0 saturated carbocycles. The van der Waals surface area contributed by atoms with Crippen molar-refractivity contribution in [2.45, 2.75) is 56.6 Å². The van der Waals surface area contributed by atoms with Crippen LogP contribution in [-0.4, -0.2) is 65.0 Å². The van der Waals surface area contributed by atoms with Gasteiger partial charge in [-0.05, 0) is 51.5 Å². The van der Waals surface area contributed by atoms with Gasteiger partial charge in [0, 0.05) is 29.6 Å². The van der Waals surface area contributed by atoms with E-state index in [0.717, 1.165) is 18.1 Å². The van der Waals surface area contributed by atoms with Gasteiger partial charge in [-0.2, -0.15) is 26.3 Å². The molecule has 0 aliphatic carbocycles. The van der Waals surface area contributed by atoms with Crippen LogP contribution < -0.4 is 10.2 Å². The van der Waals surface area contributed by atoms with Crippen LogP contribution in [0, 0.1) is 6.92 Å². The third-order valence-electron chi connectivity index (χ3n) is 5.75. The number of amides is 2. The predicted octanol–water partition coefficient (Wildman–Crippen LogP) is 5.82. The van der Waals surface area contributed by atoms with Gasteiger partial charge in [0.15, 0.2) is 6.10 Å². The zero-order valence-electron chi connectivity index (χ0n) is 22.6. The molecule has 2 amide bonds. The van der Waals surface area contributed by atoms with Crippen molar-refractivity contribution >= 4 is 33.2 Å². The molecule has 1 saturated heterocycles. The summed E-state index contributed by atoms with van der Waals surface area (Å²) >= 11 is 0. The van der Waals surface area contributed by atoms with Gasteiger partial charge >= 0.3 is 18.4 Å². The van der Waals surface area contributed by atoms with E-state index in [-0.39, 0.29) is 22.9 Å². The second-order valence-corrected chi connectivity index (χ2v) is 12.5. The Morgan fingerprint density at radius 2 is 1.83 bits per heavy atom. The highest BCUT2D eigenvalue weighted by atomic mass is 32.2. The van der Waals surface area contributed by atoms with Crippen LogP contribution in [0.15, 0.2) is 39.7 Å². The molecule has 1 aliphatic rings. The monoisotopic (exact) mass is 610 g/mol. The number of carbonyl (C=O) groups is 2. The van der Waals surface area contributed by atoms with E-state index in [1.165, 1.54) is 24.3 Å². The molecule has 3 rings (SSSR count). The number of benzene rings is 1. The van der Waals surface area contributed by atoms with E-state index in [1.54, 1.807) is 20.8 Å². The maximum Gasteiger partial charge on any atom is 0.442 e. The number of pyridine rings is 1. The van der Waals surface area contributed by atoms with Crippen LogP contribution in [0.5, 0.6) is 0 Å². The lowest BCUT2D eigenvalue weighted by molar-refractivity contribution is -0.221. The Morgan fingerprint density at radius 1 is 1.17 bits per heavy atom. The number of anilines is 2. The SMILES string of the molecule is Cc1c(C(F)(F)F)cnc(N2CCO[C@@H](C(F)(F)F)C2)c1C(=O)Nc1cccc([S@@](C)(=O)=NC(=O)OC(C)(C)C)c1. The Labute approximate surface area is 232 Å². The Balaban J connectivity index is 2.01. The average Bonchev–Trinajstić information content (AvgIpc) is 2.81. The van der Waals surface area contributed by atoms with Crippen molar-refractivity contribution in [2.75, 3.05) is 36.2 Å². The van der Waals surface area contributed by atoms with Gasteiger partial charge in [0.05, 0.1) is 34.0 Å². The van der Waals surface area contributed by atoms with E-state index in [2.05, 4.69) is 14.7 Å². The fourth-order valence-corrected chi connectivity index (χ4v) is 5.01. The first-order valence-electron chi connectivity index (χ1n) is 12.1. The predicted molar refractivity (Wildman–Crippen MR) is 137 cm³/mol. The van der Waals surface area contributed by atoms with Crippen LogP contribution in [0.25, 0.3) is 0 Å². The summed E-state index contributed by atoms with van der Waals surface area (Å²) in [6.07, 6.45) is -11.4. The van der Waals surface area contributed by atoms with Crippen LogP contribution in [0.4, 0.5) is 42.6 Å². The standard InChI is InChI=1S/C25H28F6N4O5S/c1-14-17(24(26,27)28)12-32-20(35-9-10-39-18(13-35)25(29,30)31)19(14)21(36)33-15-7-6-8-16(11-15)41(5,38)34-22(37)40-23(2,3)4/h6-8,11-12,18H,9-10,13H2,1-5H3,(H,33,36)/t18-,41-/m1/s1. The molecule has 1 fully saturated rings. The van der Waals surface area contributed by atoms with Crippen molar-refractivity contribution in [1.82, 2.24) is 4.98 Å². The Hall–Kier alpha value is -3.40. The van der Waals surface area contributed by atoms with Crippen LogP contribution in [0.2, 0.25) is 0 Å². The highest BCUT2D eigenvalue weighted by Gasteiger charge is 2.44. The summed E-state index contributed by atoms with van der Waals surface area (Å²) in [5.74, 6) is -1.49. The first-order chi connectivity index (χ1) is 18.7. The minimum atomic E-state index is -4.90. The number of rotatable bonds is 4. The number of ether oxygens (including phenoxy) is 2. The van der Waals surface area contributed by atoms with Gasteiger partial charge in [-0.15, -0.1) is 4.36 Å². The quantitative estimate of drug-likeness (QED) is 0.435. The zero-order chi connectivity index (χ0) is 31.0. The summed E-state index contributed by atoms with van der Waals surface area (Å²) in [5.41, 5.74) is -3.32. The van der Waals surface area contributed by atoms with E-state index in [9.17, 15) is 40.1 Å². The maximum atomic E-state index is 13.7. The van der Waals surface area contributed by atoms with Gasteiger partial charge in [0.25, 0.3) is 5.91 Å². The number of nitrogens with zero attached hydrogens (tertiary/aromatic N) is 3. The Kier molecular flexibility index (Phi) is 8.98. The largest absolute Gasteiger partial charge is 0.442 e. The van der Waals surface area contributed by atoms with Crippen molar-refractivity contribution in [3.63, 3.8) is 0 Å². The lowest BCUT2D eigenvalue weighted by atomic mass is 10.0. The Morgan fingerprint density at radius 3 is 2.41 bits per heavy atom. The number of morpholine rings is 1. The number of alkyl halides is 6. The average molecular weight is 611 g/mol. The van der Waals surface area contributed by atoms with E-state index in [1.807, 2.05) is 0 Å². The molecular weight excluding hydrogens is 582 g/mol. The molecule has 0 radical (unpaired) electrons. The van der Waals surface area contributed by atoms with Gasteiger partial charge in [0.1, 0.15) is 11.4 Å². The van der Waals surface area contributed by atoms with Crippen molar-refractivity contribution in [2.24, 2.45) is 4.36 Å². The van der Waals surface area contributed by atoms with Crippen molar-refractivity contribution in [1.29, 1.82) is 0 Å². The smallest absolute Gasteiger partial charge is 0.442 e. The van der Waals surface area contributed by atoms with Crippen LogP contribution in [-0.2, 0) is 25.4 Å². The minimum absolute atomic E-state index is 0.00136. The maximum absolute atomic E-state index is 13.7. The minimum Gasteiger partial charge on any atom is -0.442 e. The van der Waals surface area contributed by atoms with Crippen LogP contribution >= 0.6 is 0 Å². The third-order valence-corrected chi connectivity index (χ3v) is 7.38. The fourth-order valence-electron chi connectivity index (χ4n) is 3.91. The molecule has 0 bridgehead atoms. The summed E-state index contributed by atoms with van der Waals surface area (Å²) in [5, 5.41) is 2.39. The molecule has 1 aliphatic heterocycles. The molecule has 2 atom stereocenters. The van der Waals surface area contributed by atoms with Gasteiger partial charge in [-0.1, -0.05) is 6.07 Å². The summed E-state index contributed by atoms with van der Waals surface area (Å²) in [6.45, 7) is 4.43. The molecule has 226 valence electrons. The van der Waals surface area contributed by atoms with Crippen LogP contribution in [0.1, 0.15) is 42.3 Å². The molecule has 1 N–H and O–H groups in total. The summed E-state index contributed by atoms with van der Waals surface area (Å²) in [6, 6.07) is 5.28. The number of hydrogen-bond donors (Lipinski definition) is 1. The molecule has 2 heterocycles. The van der Waals surface area contributed by atoms with Gasteiger partial charge in [-0.3, -0.25) is 4.79 Å². The molecule has 9 nitrogen and oxygen atoms in total. The number of halogens is 6. The number of hydrogen-bond acceptors (Lipinski definition) is 7. The summed E-state index contributed by atoms with van der Waals surface area (Å²) in [4.78, 5) is 30.3. The molecule has 0 unspecified atom stereocenters. The Bertz CT molecular complexity index is 1450. The molecule has 41 heavy (non-hydrogen) atoms. The fraction of sp³-hybridized carbons (Fsp3) is 0.480. The van der Waals surface area contributed by atoms with E-state index in [0.29, 0.717) is 6.20 Å². The van der Waals surface area contributed by atoms with E-state index >= 15 is 0 Å². The first-order valence-corrected chi connectivity index (χ1v) is 14.0. The lowest BCUT2D eigenvalue weighted by Gasteiger charge is -2.35. The van der Waals surface area contributed by atoms with Gasteiger partial charge in [0.2, 0.25) is 0 Å². The number of carbonyl (C=O) groups excluding carboxylic acids is 2. The van der Waals surface area contributed by atoms with Crippen molar-refractivity contribution < 1.29 is 49.6 Å². The molecule has 1 aromatic heterocycles. The summed E-state index contributed by atoms with van der Waals surface area (Å²) in [7, 11) is -3.38. The first kappa shape index (κ1) is 32.1. The van der Waals surface area contributed by atoms with Crippen LogP contribution in [0.3, 0.4) is 0 Å².